The minimum Gasteiger partial charge on any atom is -0.394 e. The monoisotopic (exact) mass is 287 g/mol. The normalized spacial score (nSPS) is 12.7. The molecule has 1 heterocycles. The zero-order valence-corrected chi connectivity index (χ0v) is 12.5. The number of aliphatic hydroxyl groups is 1. The van der Waals surface area contributed by atoms with Gasteiger partial charge in [0.2, 0.25) is 0 Å². The number of rotatable bonds is 6. The Labute approximate surface area is 114 Å². The number of aromatic nitrogens is 1. The summed E-state index contributed by atoms with van der Waals surface area (Å²) in [7, 11) is -2.32. The molecule has 6 nitrogen and oxygen atoms in total. The number of hydrogen-bond acceptors (Lipinski definition) is 5. The third kappa shape index (κ3) is 3.23. The summed E-state index contributed by atoms with van der Waals surface area (Å²) in [5.41, 5.74) is -0.426. The van der Waals surface area contributed by atoms with Gasteiger partial charge in [-0.15, -0.1) is 0 Å². The number of hydrogen-bond donors (Lipinski definition) is 2. The van der Waals surface area contributed by atoms with Crippen molar-refractivity contribution < 1.29 is 13.5 Å². The minimum atomic E-state index is -3.76. The summed E-state index contributed by atoms with van der Waals surface area (Å²) >= 11 is 0. The van der Waals surface area contributed by atoms with Crippen molar-refractivity contribution in [1.29, 1.82) is 0 Å². The highest BCUT2D eigenvalue weighted by Gasteiger charge is 2.35. The van der Waals surface area contributed by atoms with E-state index in [0.29, 0.717) is 12.2 Å². The molecule has 0 aliphatic carbocycles. The Morgan fingerprint density at radius 2 is 2.11 bits per heavy atom. The van der Waals surface area contributed by atoms with Crippen LogP contribution in [0, 0.1) is 0 Å². The van der Waals surface area contributed by atoms with Gasteiger partial charge in [0, 0.05) is 19.8 Å². The maximum Gasteiger partial charge on any atom is 0.262 e. The largest absolute Gasteiger partial charge is 0.394 e. The highest BCUT2D eigenvalue weighted by molar-refractivity contribution is 7.89. The van der Waals surface area contributed by atoms with Gasteiger partial charge < -0.3 is 10.4 Å². The fraction of sp³-hybridized carbons (Fsp3) is 0.583. The van der Waals surface area contributed by atoms with Gasteiger partial charge in [-0.25, -0.2) is 13.4 Å². The zero-order chi connectivity index (χ0) is 14.7. The topological polar surface area (TPSA) is 82.5 Å². The Bertz CT molecular complexity index is 529. The lowest BCUT2D eigenvalue weighted by atomic mass is 10.1. The van der Waals surface area contributed by atoms with E-state index in [4.69, 9.17) is 0 Å². The Morgan fingerprint density at radius 3 is 2.63 bits per heavy atom. The summed E-state index contributed by atoms with van der Waals surface area (Å²) in [6, 6.07) is 3.34. The predicted octanol–water partition coefficient (Wildman–Crippen LogP) is 0.905. The molecule has 0 atom stereocenters. The van der Waals surface area contributed by atoms with Crippen LogP contribution < -0.4 is 5.32 Å². The molecule has 0 aliphatic heterocycles. The smallest absolute Gasteiger partial charge is 0.262 e. The van der Waals surface area contributed by atoms with Crippen LogP contribution in [0.5, 0.6) is 0 Å². The second kappa shape index (κ2) is 5.85. The first-order valence-corrected chi connectivity index (χ1v) is 7.50. The van der Waals surface area contributed by atoms with Gasteiger partial charge in [0.25, 0.3) is 10.0 Å². The van der Waals surface area contributed by atoms with Crippen LogP contribution in [0.15, 0.2) is 23.4 Å². The Kier molecular flexibility index (Phi) is 4.89. The average molecular weight is 287 g/mol. The van der Waals surface area contributed by atoms with Crippen LogP contribution in [-0.4, -0.2) is 48.6 Å². The fourth-order valence-corrected chi connectivity index (χ4v) is 3.06. The van der Waals surface area contributed by atoms with Crippen LogP contribution >= 0.6 is 0 Å². The van der Waals surface area contributed by atoms with Crippen molar-refractivity contribution in [2.45, 2.75) is 31.3 Å². The number of anilines is 1. The van der Waals surface area contributed by atoms with Crippen LogP contribution in [0.3, 0.4) is 0 Å². The number of likely N-dealkylation sites (N-methyl/N-ethyl adjacent to an activating group) is 1. The first kappa shape index (κ1) is 15.9. The molecule has 0 aliphatic rings. The van der Waals surface area contributed by atoms with Crippen molar-refractivity contribution in [3.8, 4) is 0 Å². The number of nitrogens with zero attached hydrogens (tertiary/aromatic N) is 2. The molecule has 0 radical (unpaired) electrons. The zero-order valence-electron chi connectivity index (χ0n) is 11.7. The quantitative estimate of drug-likeness (QED) is 0.812. The summed E-state index contributed by atoms with van der Waals surface area (Å²) in [6.07, 6.45) is 1.44. The number of nitrogens with one attached hydrogen (secondary N) is 1. The molecule has 1 aromatic heterocycles. The van der Waals surface area contributed by atoms with Gasteiger partial charge in [0.05, 0.1) is 17.8 Å². The second-order valence-electron chi connectivity index (χ2n) is 4.83. The number of sulfonamides is 1. The van der Waals surface area contributed by atoms with E-state index in [2.05, 4.69) is 10.3 Å². The summed E-state index contributed by atoms with van der Waals surface area (Å²) in [5.74, 6) is 0. The van der Waals surface area contributed by atoms with Gasteiger partial charge in [-0.2, -0.15) is 4.31 Å². The Morgan fingerprint density at radius 1 is 1.47 bits per heavy atom. The van der Waals surface area contributed by atoms with E-state index in [1.807, 2.05) is 6.92 Å². The molecule has 0 aromatic carbocycles. The van der Waals surface area contributed by atoms with E-state index in [-0.39, 0.29) is 11.6 Å². The number of aliphatic hydroxyl groups excluding tert-OH is 1. The third-order valence-electron chi connectivity index (χ3n) is 2.98. The maximum absolute atomic E-state index is 12.5. The molecule has 2 N–H and O–H groups in total. The van der Waals surface area contributed by atoms with Gasteiger partial charge in [-0.1, -0.05) is 0 Å². The van der Waals surface area contributed by atoms with Crippen molar-refractivity contribution >= 4 is 15.7 Å². The lowest BCUT2D eigenvalue weighted by molar-refractivity contribution is 0.137. The summed E-state index contributed by atoms with van der Waals surface area (Å²) < 4.78 is 26.2. The molecule has 0 amide bonds. The molecule has 7 heteroatoms. The Hall–Kier alpha value is -1.18. The molecule has 1 rings (SSSR count). The summed E-state index contributed by atoms with van der Waals surface area (Å²) in [5, 5.41) is 12.3. The lowest BCUT2D eigenvalue weighted by Crippen LogP contribution is -2.47. The second-order valence-corrected chi connectivity index (χ2v) is 6.71. The molecule has 0 spiro atoms. The van der Waals surface area contributed by atoms with E-state index in [1.165, 1.54) is 13.2 Å². The van der Waals surface area contributed by atoms with E-state index in [9.17, 15) is 13.5 Å². The fourth-order valence-electron chi connectivity index (χ4n) is 1.48. The van der Waals surface area contributed by atoms with Crippen molar-refractivity contribution in [1.82, 2.24) is 9.29 Å². The van der Waals surface area contributed by atoms with Gasteiger partial charge in [-0.3, -0.25) is 0 Å². The van der Waals surface area contributed by atoms with Crippen molar-refractivity contribution in [3.63, 3.8) is 0 Å². The van der Waals surface area contributed by atoms with Crippen LogP contribution in [0.1, 0.15) is 20.8 Å². The third-order valence-corrected chi connectivity index (χ3v) is 5.01. The standard InChI is InChI=1S/C12H21N3O3S/c1-5-13-10-7-6-8-14-11(10)19(17,18)15(4)12(2,3)9-16/h6-8,13,16H,5,9H2,1-4H3. The SMILES string of the molecule is CCNc1cccnc1S(=O)(=O)N(C)C(C)(C)CO. The van der Waals surface area contributed by atoms with Gasteiger partial charge in [0.15, 0.2) is 5.03 Å². The van der Waals surface area contributed by atoms with Crippen LogP contribution in [-0.2, 0) is 10.0 Å². The highest BCUT2D eigenvalue weighted by Crippen LogP contribution is 2.26. The van der Waals surface area contributed by atoms with Crippen LogP contribution in [0.25, 0.3) is 0 Å². The van der Waals surface area contributed by atoms with E-state index in [1.54, 1.807) is 26.0 Å². The average Bonchev–Trinajstić information content (AvgIpc) is 2.38. The van der Waals surface area contributed by atoms with Gasteiger partial charge in [0.1, 0.15) is 0 Å². The Balaban J connectivity index is 3.28. The van der Waals surface area contributed by atoms with Crippen LogP contribution in [0.2, 0.25) is 0 Å². The van der Waals surface area contributed by atoms with Crippen LogP contribution in [0.4, 0.5) is 5.69 Å². The minimum absolute atomic E-state index is 0.0270. The lowest BCUT2D eigenvalue weighted by Gasteiger charge is -2.32. The van der Waals surface area contributed by atoms with Gasteiger partial charge >= 0.3 is 0 Å². The molecule has 0 unspecified atom stereocenters. The molecule has 0 saturated heterocycles. The molecule has 0 bridgehead atoms. The number of pyridine rings is 1. The van der Waals surface area contributed by atoms with Crippen molar-refractivity contribution in [2.75, 3.05) is 25.5 Å². The molecular weight excluding hydrogens is 266 g/mol. The van der Waals surface area contributed by atoms with E-state index < -0.39 is 15.6 Å². The van der Waals surface area contributed by atoms with E-state index in [0.717, 1.165) is 4.31 Å². The predicted molar refractivity (Wildman–Crippen MR) is 74.5 cm³/mol. The molecule has 19 heavy (non-hydrogen) atoms. The van der Waals surface area contributed by atoms with Crippen molar-refractivity contribution in [3.05, 3.63) is 18.3 Å². The highest BCUT2D eigenvalue weighted by atomic mass is 32.2. The first-order chi connectivity index (χ1) is 8.77. The van der Waals surface area contributed by atoms with Gasteiger partial charge in [-0.05, 0) is 32.9 Å². The van der Waals surface area contributed by atoms with Crippen molar-refractivity contribution in [2.24, 2.45) is 0 Å². The first-order valence-electron chi connectivity index (χ1n) is 6.06. The molecule has 1 aromatic rings. The summed E-state index contributed by atoms with van der Waals surface area (Å²) in [4.78, 5) is 3.96. The molecule has 108 valence electrons. The molecular formula is C12H21N3O3S. The summed E-state index contributed by atoms with van der Waals surface area (Å²) in [6.45, 7) is 5.51. The molecule has 0 fully saturated rings. The molecule has 0 saturated carbocycles. The van der Waals surface area contributed by atoms with E-state index >= 15 is 0 Å². The maximum atomic E-state index is 12.5.